The summed E-state index contributed by atoms with van der Waals surface area (Å²) in [5.74, 6) is 0.560. The van der Waals surface area contributed by atoms with Gasteiger partial charge < -0.3 is 15.4 Å². The van der Waals surface area contributed by atoms with E-state index in [1.807, 2.05) is 35.2 Å². The normalized spacial score (nSPS) is 19.1. The van der Waals surface area contributed by atoms with E-state index < -0.39 is 6.04 Å². The third-order valence-corrected chi connectivity index (χ3v) is 3.74. The number of nitrogens with zero attached hydrogens (tertiary/aromatic N) is 1. The van der Waals surface area contributed by atoms with Gasteiger partial charge in [-0.1, -0.05) is 44.2 Å². The van der Waals surface area contributed by atoms with E-state index in [0.717, 1.165) is 25.1 Å². The predicted octanol–water partition coefficient (Wildman–Crippen LogP) is 2.25. The lowest BCUT2D eigenvalue weighted by atomic mass is 10.1. The average molecular weight is 327 g/mol. The lowest BCUT2D eigenvalue weighted by Gasteiger charge is -2.21. The zero-order valence-corrected chi connectivity index (χ0v) is 14.2. The van der Waals surface area contributed by atoms with Crippen LogP contribution in [-0.4, -0.2) is 42.6 Å². The fraction of sp³-hybridized carbons (Fsp3) is 0.588. The van der Waals surface area contributed by atoms with Gasteiger partial charge in [0.1, 0.15) is 0 Å². The highest BCUT2D eigenvalue weighted by molar-refractivity contribution is 5.85. The lowest BCUT2D eigenvalue weighted by molar-refractivity contribution is -0.132. The number of hydrogen-bond acceptors (Lipinski definition) is 3. The van der Waals surface area contributed by atoms with Gasteiger partial charge in [-0.3, -0.25) is 4.79 Å². The molecule has 1 heterocycles. The van der Waals surface area contributed by atoms with Crippen LogP contribution in [0.1, 0.15) is 25.8 Å². The fourth-order valence-electron chi connectivity index (χ4n) is 2.58. The van der Waals surface area contributed by atoms with E-state index in [0.29, 0.717) is 18.9 Å². The standard InChI is InChI=1S/C17H26N2O2.ClH/c1-13(2)12-21-15-8-9-19(11-15)17(20)16(18)10-14-6-4-3-5-7-14;/h3-7,13,15-16H,8-12,18H2,1-2H3;1H. The molecule has 0 bridgehead atoms. The van der Waals surface area contributed by atoms with Crippen molar-refractivity contribution >= 4 is 18.3 Å². The molecule has 0 spiro atoms. The first-order valence-electron chi connectivity index (χ1n) is 7.76. The van der Waals surface area contributed by atoms with Crippen molar-refractivity contribution in [2.45, 2.75) is 38.8 Å². The Morgan fingerprint density at radius 2 is 2.05 bits per heavy atom. The molecule has 124 valence electrons. The first-order chi connectivity index (χ1) is 10.1. The van der Waals surface area contributed by atoms with Crippen molar-refractivity contribution in [2.75, 3.05) is 19.7 Å². The molecule has 1 saturated heterocycles. The van der Waals surface area contributed by atoms with Gasteiger partial charge in [0.25, 0.3) is 0 Å². The second-order valence-electron chi connectivity index (χ2n) is 6.22. The SMILES string of the molecule is CC(C)COC1CCN(C(=O)C(N)Cc2ccccc2)C1.Cl. The molecule has 1 aromatic carbocycles. The highest BCUT2D eigenvalue weighted by Crippen LogP contribution is 2.15. The van der Waals surface area contributed by atoms with Crippen LogP contribution < -0.4 is 5.73 Å². The van der Waals surface area contributed by atoms with Crippen LogP contribution in [0.25, 0.3) is 0 Å². The third-order valence-electron chi connectivity index (χ3n) is 3.74. The molecule has 2 atom stereocenters. The maximum atomic E-state index is 12.4. The van der Waals surface area contributed by atoms with Gasteiger partial charge in [0, 0.05) is 19.7 Å². The monoisotopic (exact) mass is 326 g/mol. The number of amides is 1. The first-order valence-corrected chi connectivity index (χ1v) is 7.76. The molecule has 1 fully saturated rings. The maximum absolute atomic E-state index is 12.4. The molecule has 2 rings (SSSR count). The highest BCUT2D eigenvalue weighted by atomic mass is 35.5. The molecule has 22 heavy (non-hydrogen) atoms. The number of rotatable bonds is 6. The zero-order chi connectivity index (χ0) is 15.2. The van der Waals surface area contributed by atoms with Gasteiger partial charge in [-0.05, 0) is 24.3 Å². The molecule has 1 aliphatic rings. The summed E-state index contributed by atoms with van der Waals surface area (Å²) in [4.78, 5) is 14.2. The van der Waals surface area contributed by atoms with Crippen LogP contribution in [0.2, 0.25) is 0 Å². The molecule has 1 amide bonds. The lowest BCUT2D eigenvalue weighted by Crippen LogP contribution is -2.44. The van der Waals surface area contributed by atoms with Gasteiger partial charge in [0.2, 0.25) is 5.91 Å². The van der Waals surface area contributed by atoms with E-state index in [1.165, 1.54) is 0 Å². The van der Waals surface area contributed by atoms with Crippen molar-refractivity contribution in [1.82, 2.24) is 4.90 Å². The van der Waals surface area contributed by atoms with Crippen LogP contribution in [0.3, 0.4) is 0 Å². The van der Waals surface area contributed by atoms with Crippen LogP contribution in [0.15, 0.2) is 30.3 Å². The first kappa shape index (κ1) is 18.9. The van der Waals surface area contributed by atoms with Gasteiger partial charge in [-0.15, -0.1) is 12.4 Å². The number of carbonyl (C=O) groups is 1. The van der Waals surface area contributed by atoms with Crippen LogP contribution >= 0.6 is 12.4 Å². The summed E-state index contributed by atoms with van der Waals surface area (Å²) in [6.45, 7) is 6.45. The molecule has 1 aromatic rings. The topological polar surface area (TPSA) is 55.6 Å². The van der Waals surface area contributed by atoms with Gasteiger partial charge in [0.15, 0.2) is 0 Å². The van der Waals surface area contributed by atoms with Gasteiger partial charge in [0.05, 0.1) is 12.1 Å². The Balaban J connectivity index is 0.00000242. The molecule has 2 N–H and O–H groups in total. The van der Waals surface area contributed by atoms with Gasteiger partial charge >= 0.3 is 0 Å². The third kappa shape index (κ3) is 5.59. The number of ether oxygens (including phenoxy) is 1. The summed E-state index contributed by atoms with van der Waals surface area (Å²) in [5, 5.41) is 0. The Labute approximate surface area is 139 Å². The summed E-state index contributed by atoms with van der Waals surface area (Å²) in [5.41, 5.74) is 7.17. The molecule has 4 nitrogen and oxygen atoms in total. The number of hydrogen-bond donors (Lipinski definition) is 1. The Bertz CT molecular complexity index is 453. The smallest absolute Gasteiger partial charge is 0.239 e. The van der Waals surface area contributed by atoms with Crippen molar-refractivity contribution in [3.8, 4) is 0 Å². The van der Waals surface area contributed by atoms with Crippen LogP contribution in [-0.2, 0) is 16.0 Å². The number of benzene rings is 1. The molecule has 5 heteroatoms. The van der Waals surface area contributed by atoms with Crippen LogP contribution in [0, 0.1) is 5.92 Å². The summed E-state index contributed by atoms with van der Waals surface area (Å²) >= 11 is 0. The Morgan fingerprint density at radius 1 is 1.36 bits per heavy atom. The van der Waals surface area contributed by atoms with Crippen molar-refractivity contribution in [3.63, 3.8) is 0 Å². The molecule has 0 aromatic heterocycles. The Kier molecular flexibility index (Phi) is 7.87. The van der Waals surface area contributed by atoms with E-state index in [-0.39, 0.29) is 24.4 Å². The predicted molar refractivity (Wildman–Crippen MR) is 91.1 cm³/mol. The summed E-state index contributed by atoms with van der Waals surface area (Å²) in [7, 11) is 0. The average Bonchev–Trinajstić information content (AvgIpc) is 2.94. The molecular weight excluding hydrogens is 300 g/mol. The largest absolute Gasteiger partial charge is 0.376 e. The van der Waals surface area contributed by atoms with Gasteiger partial charge in [-0.2, -0.15) is 0 Å². The van der Waals surface area contributed by atoms with E-state index in [2.05, 4.69) is 13.8 Å². The van der Waals surface area contributed by atoms with Crippen LogP contribution in [0.5, 0.6) is 0 Å². The molecule has 0 radical (unpaired) electrons. The Morgan fingerprint density at radius 3 is 2.68 bits per heavy atom. The fourth-order valence-corrected chi connectivity index (χ4v) is 2.58. The minimum Gasteiger partial charge on any atom is -0.376 e. The summed E-state index contributed by atoms with van der Waals surface area (Å²) < 4.78 is 5.81. The van der Waals surface area contributed by atoms with E-state index in [9.17, 15) is 4.79 Å². The van der Waals surface area contributed by atoms with Crippen molar-refractivity contribution in [3.05, 3.63) is 35.9 Å². The Hall–Kier alpha value is -1.10. The van der Waals surface area contributed by atoms with Crippen molar-refractivity contribution in [1.29, 1.82) is 0 Å². The number of halogens is 1. The molecule has 1 aliphatic heterocycles. The number of likely N-dealkylation sites (tertiary alicyclic amines) is 1. The highest BCUT2D eigenvalue weighted by Gasteiger charge is 2.29. The quantitative estimate of drug-likeness (QED) is 0.872. The number of carbonyl (C=O) groups excluding carboxylic acids is 1. The van der Waals surface area contributed by atoms with E-state index in [1.54, 1.807) is 0 Å². The second-order valence-corrected chi connectivity index (χ2v) is 6.22. The van der Waals surface area contributed by atoms with Crippen molar-refractivity contribution < 1.29 is 9.53 Å². The maximum Gasteiger partial charge on any atom is 0.239 e. The zero-order valence-electron chi connectivity index (χ0n) is 13.4. The minimum atomic E-state index is -0.462. The number of nitrogens with two attached hydrogens (primary N) is 1. The van der Waals surface area contributed by atoms with E-state index in [4.69, 9.17) is 10.5 Å². The molecule has 2 unspecified atom stereocenters. The van der Waals surface area contributed by atoms with Gasteiger partial charge in [-0.25, -0.2) is 0 Å². The molecule has 0 aliphatic carbocycles. The summed E-state index contributed by atoms with van der Waals surface area (Å²) in [6, 6.07) is 9.46. The van der Waals surface area contributed by atoms with Crippen molar-refractivity contribution in [2.24, 2.45) is 11.7 Å². The molecular formula is C17H27ClN2O2. The molecule has 0 saturated carbocycles. The minimum absolute atomic E-state index is 0. The second kappa shape index (κ2) is 9.13. The van der Waals surface area contributed by atoms with E-state index >= 15 is 0 Å². The van der Waals surface area contributed by atoms with Crippen LogP contribution in [0.4, 0.5) is 0 Å². The summed E-state index contributed by atoms with van der Waals surface area (Å²) in [6.07, 6.45) is 1.67.